The molecule has 0 saturated carbocycles. The number of hydrogen-bond acceptors (Lipinski definition) is 1. The van der Waals surface area contributed by atoms with E-state index in [1.165, 1.54) is 16.7 Å². The van der Waals surface area contributed by atoms with Crippen LogP contribution in [0, 0.1) is 13.8 Å². The summed E-state index contributed by atoms with van der Waals surface area (Å²) in [5, 5.41) is 2.28. The molecule has 0 radical (unpaired) electrons. The lowest BCUT2D eigenvalue weighted by atomic mass is 9.99. The molecule has 0 unspecified atom stereocenters. The molecule has 2 heteroatoms. The third-order valence-electron chi connectivity index (χ3n) is 4.87. The molecule has 2 nitrogen and oxygen atoms in total. The van der Waals surface area contributed by atoms with Crippen molar-refractivity contribution < 1.29 is 0 Å². The van der Waals surface area contributed by atoms with E-state index in [1.807, 2.05) is 24.4 Å². The van der Waals surface area contributed by atoms with Gasteiger partial charge in [-0.25, -0.2) is 4.98 Å². The van der Waals surface area contributed by atoms with E-state index in [0.717, 1.165) is 33.4 Å². The molecule has 0 aliphatic carbocycles. The highest BCUT2D eigenvalue weighted by atomic mass is 15.0. The van der Waals surface area contributed by atoms with E-state index in [4.69, 9.17) is 4.98 Å². The fourth-order valence-electron chi connectivity index (χ4n) is 3.77. The molecule has 0 N–H and O–H groups in total. The van der Waals surface area contributed by atoms with Gasteiger partial charge in [0, 0.05) is 16.5 Å². The molecule has 2 heterocycles. The summed E-state index contributed by atoms with van der Waals surface area (Å²) in [7, 11) is 0. The Morgan fingerprint density at radius 1 is 0.880 bits per heavy atom. The molecule has 25 heavy (non-hydrogen) atoms. The number of aryl methyl sites for hydroxylation is 2. The first-order chi connectivity index (χ1) is 12.2. The lowest BCUT2D eigenvalue weighted by molar-refractivity contribution is 1.16. The molecular formula is C23H20N2. The molecule has 2 aromatic heterocycles. The highest BCUT2D eigenvalue weighted by Gasteiger charge is 2.17. The lowest BCUT2D eigenvalue weighted by Crippen LogP contribution is -2.00. The summed E-state index contributed by atoms with van der Waals surface area (Å²) in [5.41, 5.74) is 7.86. The molecule has 0 saturated heterocycles. The number of pyridine rings is 1. The Hall–Kier alpha value is -3.13. The standard InChI is InChI=1S/C23H20N2/c1-5-17-18-12-7-8-13-19(18)23-24-14-21(25(23)20(17)6-2)22-15(3)10-9-11-16(22)4/h5-14H,1-2H2,3-4H3. The van der Waals surface area contributed by atoms with Gasteiger partial charge in [-0.05, 0) is 36.4 Å². The van der Waals surface area contributed by atoms with Crippen LogP contribution >= 0.6 is 0 Å². The van der Waals surface area contributed by atoms with Crippen LogP contribution in [0.25, 0.3) is 39.8 Å². The zero-order chi connectivity index (χ0) is 17.6. The number of nitrogens with zero attached hydrogens (tertiary/aromatic N) is 2. The van der Waals surface area contributed by atoms with E-state index in [2.05, 4.69) is 67.8 Å². The fourth-order valence-corrected chi connectivity index (χ4v) is 3.77. The highest BCUT2D eigenvalue weighted by molar-refractivity contribution is 6.02. The van der Waals surface area contributed by atoms with Crippen molar-refractivity contribution in [1.29, 1.82) is 0 Å². The zero-order valence-corrected chi connectivity index (χ0v) is 14.6. The molecule has 0 spiro atoms. The summed E-state index contributed by atoms with van der Waals surface area (Å²) in [6.45, 7) is 12.4. The molecule has 0 amide bonds. The number of aromatic nitrogens is 2. The molecule has 0 fully saturated rings. The van der Waals surface area contributed by atoms with Crippen LogP contribution in [0.1, 0.15) is 22.4 Å². The van der Waals surface area contributed by atoms with E-state index in [-0.39, 0.29) is 0 Å². The predicted octanol–water partition coefficient (Wildman–Crippen LogP) is 6.06. The topological polar surface area (TPSA) is 17.3 Å². The quantitative estimate of drug-likeness (QED) is 0.448. The Morgan fingerprint density at radius 3 is 2.20 bits per heavy atom. The van der Waals surface area contributed by atoms with Crippen LogP contribution < -0.4 is 0 Å². The van der Waals surface area contributed by atoms with Crippen molar-refractivity contribution in [3.8, 4) is 11.3 Å². The summed E-state index contributed by atoms with van der Waals surface area (Å²) in [4.78, 5) is 4.77. The van der Waals surface area contributed by atoms with Crippen molar-refractivity contribution in [3.63, 3.8) is 0 Å². The minimum atomic E-state index is 0.953. The first-order valence-electron chi connectivity index (χ1n) is 8.41. The zero-order valence-electron chi connectivity index (χ0n) is 14.6. The Bertz CT molecular complexity index is 1130. The number of fused-ring (bicyclic) bond motifs is 3. The van der Waals surface area contributed by atoms with Crippen LogP contribution in [-0.4, -0.2) is 9.38 Å². The van der Waals surface area contributed by atoms with Crippen molar-refractivity contribution >= 4 is 28.6 Å². The van der Waals surface area contributed by atoms with E-state index >= 15 is 0 Å². The van der Waals surface area contributed by atoms with Gasteiger partial charge in [-0.15, -0.1) is 0 Å². The monoisotopic (exact) mass is 324 g/mol. The maximum absolute atomic E-state index is 4.77. The summed E-state index contributed by atoms with van der Waals surface area (Å²) in [6.07, 6.45) is 5.78. The largest absolute Gasteiger partial charge is 0.292 e. The van der Waals surface area contributed by atoms with Crippen LogP contribution in [0.5, 0.6) is 0 Å². The van der Waals surface area contributed by atoms with Gasteiger partial charge in [0.15, 0.2) is 0 Å². The number of benzene rings is 2. The van der Waals surface area contributed by atoms with Crippen molar-refractivity contribution in [2.75, 3.05) is 0 Å². The van der Waals surface area contributed by atoms with Crippen LogP contribution in [0.2, 0.25) is 0 Å². The lowest BCUT2D eigenvalue weighted by Gasteiger charge is -2.15. The smallest absolute Gasteiger partial charge is 0.145 e. The average molecular weight is 324 g/mol. The Labute approximate surface area is 147 Å². The number of rotatable bonds is 3. The van der Waals surface area contributed by atoms with Crippen molar-refractivity contribution in [3.05, 3.63) is 84.2 Å². The third kappa shape index (κ3) is 2.14. The minimum Gasteiger partial charge on any atom is -0.292 e. The molecule has 4 aromatic rings. The number of imidazole rings is 1. The second kappa shape index (κ2) is 5.75. The second-order valence-electron chi connectivity index (χ2n) is 6.32. The summed E-state index contributed by atoms with van der Waals surface area (Å²) in [5.74, 6) is 0. The average Bonchev–Trinajstić information content (AvgIpc) is 3.05. The van der Waals surface area contributed by atoms with E-state index in [9.17, 15) is 0 Å². The van der Waals surface area contributed by atoms with Crippen LogP contribution in [-0.2, 0) is 0 Å². The summed E-state index contributed by atoms with van der Waals surface area (Å²) in [6, 6.07) is 14.7. The van der Waals surface area contributed by atoms with E-state index in [0.29, 0.717) is 0 Å². The normalized spacial score (nSPS) is 11.1. The Balaban J connectivity index is 2.26. The van der Waals surface area contributed by atoms with E-state index < -0.39 is 0 Å². The van der Waals surface area contributed by atoms with Crippen LogP contribution in [0.15, 0.2) is 61.8 Å². The molecule has 0 aliphatic rings. The molecule has 0 aliphatic heterocycles. The van der Waals surface area contributed by atoms with Gasteiger partial charge in [0.05, 0.1) is 17.6 Å². The molecule has 2 aromatic carbocycles. The second-order valence-corrected chi connectivity index (χ2v) is 6.32. The molecule has 0 atom stereocenters. The highest BCUT2D eigenvalue weighted by Crippen LogP contribution is 2.34. The summed E-state index contributed by atoms with van der Waals surface area (Å²) >= 11 is 0. The van der Waals surface area contributed by atoms with Crippen molar-refractivity contribution in [2.45, 2.75) is 13.8 Å². The molecule has 4 rings (SSSR count). The minimum absolute atomic E-state index is 0.953. The molecule has 122 valence electrons. The van der Waals surface area contributed by atoms with Gasteiger partial charge in [-0.2, -0.15) is 0 Å². The van der Waals surface area contributed by atoms with Crippen molar-refractivity contribution in [1.82, 2.24) is 9.38 Å². The first kappa shape index (κ1) is 15.4. The van der Waals surface area contributed by atoms with E-state index in [1.54, 1.807) is 0 Å². The Kier molecular flexibility index (Phi) is 3.54. The van der Waals surface area contributed by atoms with Gasteiger partial charge < -0.3 is 0 Å². The van der Waals surface area contributed by atoms with Gasteiger partial charge in [0.25, 0.3) is 0 Å². The van der Waals surface area contributed by atoms with Crippen LogP contribution in [0.4, 0.5) is 0 Å². The maximum Gasteiger partial charge on any atom is 0.145 e. The molecular weight excluding hydrogens is 304 g/mol. The van der Waals surface area contributed by atoms with Crippen molar-refractivity contribution in [2.24, 2.45) is 0 Å². The summed E-state index contributed by atoms with van der Waals surface area (Å²) < 4.78 is 2.21. The SMILES string of the molecule is C=Cc1c(C=C)n2c(-c3c(C)cccc3C)cnc2c2ccccc12. The van der Waals surface area contributed by atoms with Gasteiger partial charge >= 0.3 is 0 Å². The van der Waals surface area contributed by atoms with Gasteiger partial charge in [0.1, 0.15) is 5.65 Å². The molecule has 0 bridgehead atoms. The fraction of sp³-hybridized carbons (Fsp3) is 0.0870. The Morgan fingerprint density at radius 2 is 1.56 bits per heavy atom. The van der Waals surface area contributed by atoms with Gasteiger partial charge in [-0.1, -0.05) is 61.7 Å². The van der Waals surface area contributed by atoms with Gasteiger partial charge in [0.2, 0.25) is 0 Å². The number of hydrogen-bond donors (Lipinski definition) is 0. The first-order valence-corrected chi connectivity index (χ1v) is 8.41. The van der Waals surface area contributed by atoms with Crippen LogP contribution in [0.3, 0.4) is 0 Å². The third-order valence-corrected chi connectivity index (χ3v) is 4.87. The predicted molar refractivity (Wildman–Crippen MR) is 108 cm³/mol. The maximum atomic E-state index is 4.77. The van der Waals surface area contributed by atoms with Gasteiger partial charge in [-0.3, -0.25) is 4.40 Å².